The summed E-state index contributed by atoms with van der Waals surface area (Å²) < 4.78 is 43.5. The molecule has 26 heavy (non-hydrogen) atoms. The van der Waals surface area contributed by atoms with Crippen LogP contribution in [0.2, 0.25) is 0 Å². The van der Waals surface area contributed by atoms with Crippen molar-refractivity contribution in [2.45, 2.75) is 25.3 Å². The molecule has 4 rings (SSSR count). The van der Waals surface area contributed by atoms with E-state index >= 15 is 0 Å². The Morgan fingerprint density at radius 2 is 1.77 bits per heavy atom. The molecule has 0 radical (unpaired) electrons. The maximum atomic E-state index is 12.7. The van der Waals surface area contributed by atoms with E-state index in [-0.39, 0.29) is 4.90 Å². The fourth-order valence-electron chi connectivity index (χ4n) is 2.85. The molecule has 1 aromatic heterocycles. The maximum Gasteiger partial charge on any atom is 0.285 e. The van der Waals surface area contributed by atoms with Crippen molar-refractivity contribution in [1.29, 1.82) is 0 Å². The third kappa shape index (κ3) is 2.99. The van der Waals surface area contributed by atoms with Gasteiger partial charge in [0, 0.05) is 18.7 Å². The van der Waals surface area contributed by atoms with Crippen molar-refractivity contribution in [3.63, 3.8) is 0 Å². The lowest BCUT2D eigenvalue weighted by Crippen LogP contribution is -2.17. The second kappa shape index (κ2) is 6.44. The number of hydrogen-bond donors (Lipinski definition) is 0. The summed E-state index contributed by atoms with van der Waals surface area (Å²) in [6.45, 7) is 5.49. The average Bonchev–Trinajstić information content (AvgIpc) is 2.95. The molecule has 8 heteroatoms. The van der Waals surface area contributed by atoms with E-state index in [1.807, 2.05) is 30.5 Å². The molecule has 0 bridgehead atoms. The first-order valence-electron chi connectivity index (χ1n) is 8.28. The number of nitrogens with zero attached hydrogens (tertiary/aromatic N) is 2. The fraction of sp³-hybridized carbons (Fsp3) is 0.278. The molecule has 0 unspecified atom stereocenters. The number of fused-ring (bicyclic) bond motifs is 2. The van der Waals surface area contributed by atoms with Crippen molar-refractivity contribution in [3.8, 4) is 11.5 Å². The number of rotatable bonds is 3. The quantitative estimate of drug-likeness (QED) is 0.689. The summed E-state index contributed by atoms with van der Waals surface area (Å²) in [5.74, 6) is 1.36. The molecule has 0 saturated heterocycles. The third-order valence-corrected chi connectivity index (χ3v) is 6.62. The molecule has 0 atom stereocenters. The Kier molecular flexibility index (Phi) is 4.24. The van der Waals surface area contributed by atoms with Gasteiger partial charge in [-0.3, -0.25) is 0 Å². The van der Waals surface area contributed by atoms with Gasteiger partial charge in [0.2, 0.25) is 4.80 Å². The third-order valence-electron chi connectivity index (χ3n) is 4.18. The molecule has 0 saturated carbocycles. The van der Waals surface area contributed by atoms with Gasteiger partial charge in [-0.15, -0.1) is 4.40 Å². The molecular formula is C18H18N2O4S2. The van der Waals surface area contributed by atoms with Crippen molar-refractivity contribution in [3.05, 3.63) is 46.8 Å². The predicted molar refractivity (Wildman–Crippen MR) is 100 cm³/mol. The number of aromatic nitrogens is 1. The summed E-state index contributed by atoms with van der Waals surface area (Å²) in [5.41, 5.74) is 1.89. The molecule has 0 amide bonds. The first kappa shape index (κ1) is 17.1. The van der Waals surface area contributed by atoms with Gasteiger partial charge in [0.15, 0.2) is 11.5 Å². The molecular weight excluding hydrogens is 372 g/mol. The Labute approximate surface area is 155 Å². The molecule has 2 heterocycles. The fourth-order valence-corrected chi connectivity index (χ4v) is 5.15. The number of thiazole rings is 1. The van der Waals surface area contributed by atoms with E-state index in [1.165, 1.54) is 11.3 Å². The highest BCUT2D eigenvalue weighted by Gasteiger charge is 2.18. The Morgan fingerprint density at radius 3 is 2.42 bits per heavy atom. The van der Waals surface area contributed by atoms with Gasteiger partial charge in [0.05, 0.1) is 15.1 Å². The molecule has 2 aromatic carbocycles. The molecule has 6 nitrogen and oxygen atoms in total. The minimum Gasteiger partial charge on any atom is -0.486 e. The van der Waals surface area contributed by atoms with Crippen LogP contribution in [-0.4, -0.2) is 26.2 Å². The van der Waals surface area contributed by atoms with Gasteiger partial charge in [-0.05, 0) is 26.0 Å². The number of benzene rings is 2. The van der Waals surface area contributed by atoms with Crippen LogP contribution in [0.4, 0.5) is 0 Å². The van der Waals surface area contributed by atoms with Crippen LogP contribution in [0.3, 0.4) is 0 Å². The predicted octanol–water partition coefficient (Wildman–Crippen LogP) is 3.09. The number of aryl methyl sites for hydroxylation is 2. The summed E-state index contributed by atoms with van der Waals surface area (Å²) in [4.78, 5) is 0.625. The van der Waals surface area contributed by atoms with E-state index in [0.29, 0.717) is 36.1 Å². The standard InChI is InChI=1S/C18H18N2O4S2/c1-3-20-14-10-15-16(24-9-8-23-15)11-17(14)25-18(20)19-26(21,22)13-6-4-12(2)5-7-13/h4-7,10-11H,3,8-9H2,1-2H3/b19-18-. The molecule has 1 aliphatic heterocycles. The van der Waals surface area contributed by atoms with Crippen molar-refractivity contribution in [2.24, 2.45) is 4.40 Å². The minimum atomic E-state index is -3.78. The van der Waals surface area contributed by atoms with Crippen LogP contribution in [0.15, 0.2) is 45.7 Å². The summed E-state index contributed by atoms with van der Waals surface area (Å²) in [6.07, 6.45) is 0. The monoisotopic (exact) mass is 390 g/mol. The molecule has 0 aliphatic carbocycles. The van der Waals surface area contributed by atoms with Gasteiger partial charge in [-0.25, -0.2) is 0 Å². The normalized spacial score (nSPS) is 14.8. The largest absolute Gasteiger partial charge is 0.486 e. The lowest BCUT2D eigenvalue weighted by molar-refractivity contribution is 0.172. The zero-order chi connectivity index (χ0) is 18.3. The van der Waals surface area contributed by atoms with E-state index < -0.39 is 10.0 Å². The Hall–Kier alpha value is -2.32. The highest BCUT2D eigenvalue weighted by molar-refractivity contribution is 7.90. The van der Waals surface area contributed by atoms with Crippen LogP contribution in [0.5, 0.6) is 11.5 Å². The molecule has 1 aliphatic rings. The van der Waals surface area contributed by atoms with Crippen molar-refractivity contribution < 1.29 is 17.9 Å². The van der Waals surface area contributed by atoms with Gasteiger partial charge >= 0.3 is 0 Å². The highest BCUT2D eigenvalue weighted by Crippen LogP contribution is 2.35. The zero-order valence-corrected chi connectivity index (χ0v) is 16.1. The van der Waals surface area contributed by atoms with Crippen LogP contribution >= 0.6 is 11.3 Å². The van der Waals surface area contributed by atoms with E-state index in [0.717, 1.165) is 15.8 Å². The minimum absolute atomic E-state index is 0.189. The van der Waals surface area contributed by atoms with Crippen molar-refractivity contribution in [2.75, 3.05) is 13.2 Å². The first-order chi connectivity index (χ1) is 12.5. The van der Waals surface area contributed by atoms with Crippen LogP contribution < -0.4 is 14.3 Å². The SMILES string of the molecule is CCn1/c(=N/S(=O)(=O)c2ccc(C)cc2)sc2cc3c(cc21)OCCO3. The van der Waals surface area contributed by atoms with Gasteiger partial charge in [-0.1, -0.05) is 29.0 Å². The van der Waals surface area contributed by atoms with E-state index in [2.05, 4.69) is 4.40 Å². The van der Waals surface area contributed by atoms with Crippen LogP contribution in [0, 0.1) is 6.92 Å². The van der Waals surface area contributed by atoms with Crippen molar-refractivity contribution >= 4 is 31.6 Å². The van der Waals surface area contributed by atoms with Crippen molar-refractivity contribution in [1.82, 2.24) is 4.57 Å². The topological polar surface area (TPSA) is 69.9 Å². The summed E-state index contributed by atoms with van der Waals surface area (Å²) in [7, 11) is -3.78. The van der Waals surface area contributed by atoms with Gasteiger partial charge in [0.1, 0.15) is 13.2 Å². The lowest BCUT2D eigenvalue weighted by atomic mass is 10.2. The van der Waals surface area contributed by atoms with Crippen LogP contribution in [0.25, 0.3) is 10.2 Å². The summed E-state index contributed by atoms with van der Waals surface area (Å²) >= 11 is 1.33. The number of hydrogen-bond acceptors (Lipinski definition) is 5. The molecule has 3 aromatic rings. The van der Waals surface area contributed by atoms with Gasteiger partial charge in [0.25, 0.3) is 10.0 Å². The van der Waals surface area contributed by atoms with Crippen LogP contribution in [0.1, 0.15) is 12.5 Å². The first-order valence-corrected chi connectivity index (χ1v) is 10.5. The van der Waals surface area contributed by atoms with Gasteiger partial charge < -0.3 is 14.0 Å². The Bertz CT molecular complexity index is 1140. The molecule has 0 spiro atoms. The number of ether oxygens (including phenoxy) is 2. The highest BCUT2D eigenvalue weighted by atomic mass is 32.2. The zero-order valence-electron chi connectivity index (χ0n) is 14.4. The van der Waals surface area contributed by atoms with Gasteiger partial charge in [-0.2, -0.15) is 8.42 Å². The Morgan fingerprint density at radius 1 is 1.12 bits per heavy atom. The summed E-state index contributed by atoms with van der Waals surface area (Å²) in [5, 5.41) is 0. The lowest BCUT2D eigenvalue weighted by Gasteiger charge is -2.18. The Balaban J connectivity index is 1.90. The average molecular weight is 390 g/mol. The number of sulfonamides is 1. The van der Waals surface area contributed by atoms with E-state index in [9.17, 15) is 8.42 Å². The van der Waals surface area contributed by atoms with E-state index in [1.54, 1.807) is 24.3 Å². The second-order valence-electron chi connectivity index (χ2n) is 5.97. The molecule has 0 fully saturated rings. The second-order valence-corrected chi connectivity index (χ2v) is 8.59. The van der Waals surface area contributed by atoms with Crippen LogP contribution in [-0.2, 0) is 16.6 Å². The maximum absolute atomic E-state index is 12.7. The molecule has 0 N–H and O–H groups in total. The smallest absolute Gasteiger partial charge is 0.285 e. The molecule has 136 valence electrons. The summed E-state index contributed by atoms with van der Waals surface area (Å²) in [6, 6.07) is 10.5. The van der Waals surface area contributed by atoms with E-state index in [4.69, 9.17) is 9.47 Å².